The fourth-order valence-corrected chi connectivity index (χ4v) is 2.76. The van der Waals surface area contributed by atoms with Gasteiger partial charge in [0.05, 0.1) is 6.54 Å². The average molecular weight is 280 g/mol. The first-order valence-electron chi connectivity index (χ1n) is 7.78. The number of aromatic nitrogens is 2. The van der Waals surface area contributed by atoms with Gasteiger partial charge in [-0.3, -0.25) is 0 Å². The minimum absolute atomic E-state index is 0.488. The maximum absolute atomic E-state index is 5.74. The third-order valence-electron chi connectivity index (χ3n) is 4.32. The molecule has 0 bridgehead atoms. The van der Waals surface area contributed by atoms with Gasteiger partial charge in [-0.15, -0.1) is 5.10 Å². The van der Waals surface area contributed by atoms with Crippen molar-refractivity contribution >= 4 is 6.01 Å². The topological polar surface area (TPSA) is 54.2 Å². The van der Waals surface area contributed by atoms with Crippen LogP contribution < -0.4 is 10.2 Å². The zero-order chi connectivity index (χ0) is 14.6. The Morgan fingerprint density at radius 2 is 2.00 bits per heavy atom. The molecular weight excluding hydrogens is 252 g/mol. The zero-order valence-electron chi connectivity index (χ0n) is 13.3. The van der Waals surface area contributed by atoms with Crippen molar-refractivity contribution in [2.75, 3.05) is 18.5 Å². The summed E-state index contributed by atoms with van der Waals surface area (Å²) in [7, 11) is 2.07. The summed E-state index contributed by atoms with van der Waals surface area (Å²) in [4.78, 5) is 2.16. The first-order chi connectivity index (χ1) is 9.52. The van der Waals surface area contributed by atoms with Crippen molar-refractivity contribution < 1.29 is 4.42 Å². The van der Waals surface area contributed by atoms with Gasteiger partial charge in [0.25, 0.3) is 0 Å². The van der Waals surface area contributed by atoms with E-state index in [2.05, 4.69) is 48.2 Å². The molecule has 5 nitrogen and oxygen atoms in total. The largest absolute Gasteiger partial charge is 0.407 e. The van der Waals surface area contributed by atoms with Gasteiger partial charge in [-0.1, -0.05) is 25.9 Å². The second-order valence-electron chi connectivity index (χ2n) is 6.66. The van der Waals surface area contributed by atoms with E-state index in [9.17, 15) is 0 Å². The van der Waals surface area contributed by atoms with Crippen molar-refractivity contribution in [3.63, 3.8) is 0 Å². The van der Waals surface area contributed by atoms with Crippen molar-refractivity contribution in [3.05, 3.63) is 5.89 Å². The van der Waals surface area contributed by atoms with Crippen molar-refractivity contribution in [2.24, 2.45) is 5.41 Å². The molecule has 20 heavy (non-hydrogen) atoms. The Morgan fingerprint density at radius 3 is 2.65 bits per heavy atom. The summed E-state index contributed by atoms with van der Waals surface area (Å²) in [6.45, 7) is 8.49. The Balaban J connectivity index is 1.88. The summed E-state index contributed by atoms with van der Waals surface area (Å²) in [6, 6.07) is 1.18. The molecule has 0 aromatic carbocycles. The lowest BCUT2D eigenvalue weighted by Crippen LogP contribution is -2.37. The van der Waals surface area contributed by atoms with Crippen LogP contribution in [0.5, 0.6) is 0 Å². The summed E-state index contributed by atoms with van der Waals surface area (Å²) in [5.41, 5.74) is 0.488. The Bertz CT molecular complexity index is 406. The number of anilines is 1. The smallest absolute Gasteiger partial charge is 0.318 e. The van der Waals surface area contributed by atoms with Gasteiger partial charge < -0.3 is 14.6 Å². The molecular formula is C15H28N4O. The number of hydrogen-bond acceptors (Lipinski definition) is 5. The molecule has 1 N–H and O–H groups in total. The third kappa shape index (κ3) is 3.95. The van der Waals surface area contributed by atoms with Crippen LogP contribution in [0.2, 0.25) is 0 Å². The summed E-state index contributed by atoms with van der Waals surface area (Å²) in [6.07, 6.45) is 6.05. The van der Waals surface area contributed by atoms with Crippen molar-refractivity contribution in [2.45, 2.75) is 65.5 Å². The van der Waals surface area contributed by atoms with Crippen LogP contribution in [0, 0.1) is 5.41 Å². The van der Waals surface area contributed by atoms with Crippen LogP contribution in [0.1, 0.15) is 58.8 Å². The van der Waals surface area contributed by atoms with E-state index >= 15 is 0 Å². The third-order valence-corrected chi connectivity index (χ3v) is 4.32. The molecule has 1 aliphatic rings. The highest BCUT2D eigenvalue weighted by Crippen LogP contribution is 2.37. The van der Waals surface area contributed by atoms with Crippen LogP contribution in [-0.4, -0.2) is 29.8 Å². The van der Waals surface area contributed by atoms with Gasteiger partial charge >= 0.3 is 6.01 Å². The molecule has 0 radical (unpaired) electrons. The predicted octanol–water partition coefficient (Wildman–Crippen LogP) is 2.97. The van der Waals surface area contributed by atoms with E-state index in [4.69, 9.17) is 4.42 Å². The average Bonchev–Trinajstić information content (AvgIpc) is 2.87. The Hall–Kier alpha value is -1.10. The Morgan fingerprint density at radius 1 is 1.30 bits per heavy atom. The van der Waals surface area contributed by atoms with E-state index in [0.29, 0.717) is 29.9 Å². The van der Waals surface area contributed by atoms with Crippen LogP contribution in [0.15, 0.2) is 4.42 Å². The Labute approximate surface area is 122 Å². The Kier molecular flexibility index (Phi) is 5.02. The number of rotatable bonds is 6. The van der Waals surface area contributed by atoms with E-state index < -0.39 is 0 Å². The van der Waals surface area contributed by atoms with Crippen LogP contribution in [-0.2, 0) is 6.54 Å². The van der Waals surface area contributed by atoms with Crippen LogP contribution >= 0.6 is 0 Å². The predicted molar refractivity (Wildman–Crippen MR) is 80.7 cm³/mol. The summed E-state index contributed by atoms with van der Waals surface area (Å²) < 4.78 is 5.74. The van der Waals surface area contributed by atoms with Crippen molar-refractivity contribution in [1.29, 1.82) is 0 Å². The fourth-order valence-electron chi connectivity index (χ4n) is 2.76. The molecule has 1 fully saturated rings. The van der Waals surface area contributed by atoms with Gasteiger partial charge in [-0.2, -0.15) is 0 Å². The standard InChI is InChI=1S/C15H28N4O/c1-5-10-16-11-13-17-18-14(20-13)19(4)12-6-8-15(2,3)9-7-12/h12,16H,5-11H2,1-4H3. The van der Waals surface area contributed by atoms with Gasteiger partial charge in [0.1, 0.15) is 0 Å². The molecule has 0 amide bonds. The summed E-state index contributed by atoms with van der Waals surface area (Å²) in [5, 5.41) is 11.6. The van der Waals surface area contributed by atoms with E-state index in [1.165, 1.54) is 25.7 Å². The lowest BCUT2D eigenvalue weighted by molar-refractivity contribution is 0.219. The molecule has 1 aliphatic carbocycles. The van der Waals surface area contributed by atoms with E-state index in [0.717, 1.165) is 13.0 Å². The second kappa shape index (κ2) is 6.57. The molecule has 114 valence electrons. The molecule has 0 aliphatic heterocycles. The molecule has 1 aromatic rings. The van der Waals surface area contributed by atoms with Crippen molar-refractivity contribution in [3.8, 4) is 0 Å². The number of hydrogen-bond donors (Lipinski definition) is 1. The minimum Gasteiger partial charge on any atom is -0.407 e. The zero-order valence-corrected chi connectivity index (χ0v) is 13.3. The van der Waals surface area contributed by atoms with Crippen LogP contribution in [0.4, 0.5) is 6.01 Å². The number of nitrogens with zero attached hydrogens (tertiary/aromatic N) is 3. The fraction of sp³-hybridized carbons (Fsp3) is 0.867. The maximum Gasteiger partial charge on any atom is 0.318 e. The first-order valence-corrected chi connectivity index (χ1v) is 7.78. The van der Waals surface area contributed by atoms with E-state index in [1.807, 2.05) is 0 Å². The second-order valence-corrected chi connectivity index (χ2v) is 6.66. The van der Waals surface area contributed by atoms with Gasteiger partial charge in [-0.05, 0) is 44.1 Å². The first kappa shape index (κ1) is 15.3. The van der Waals surface area contributed by atoms with Gasteiger partial charge in [0, 0.05) is 13.1 Å². The quantitative estimate of drug-likeness (QED) is 0.812. The van der Waals surface area contributed by atoms with Crippen LogP contribution in [0.3, 0.4) is 0 Å². The SMILES string of the molecule is CCCNCc1nnc(N(C)C2CCC(C)(C)CC2)o1. The molecule has 2 rings (SSSR count). The lowest BCUT2D eigenvalue weighted by atomic mass is 9.75. The van der Waals surface area contributed by atoms with Gasteiger partial charge in [-0.25, -0.2) is 0 Å². The highest BCUT2D eigenvalue weighted by molar-refractivity contribution is 5.25. The minimum atomic E-state index is 0.488. The lowest BCUT2D eigenvalue weighted by Gasteiger charge is -2.37. The summed E-state index contributed by atoms with van der Waals surface area (Å²) in [5.74, 6) is 0.677. The molecule has 5 heteroatoms. The summed E-state index contributed by atoms with van der Waals surface area (Å²) >= 11 is 0. The normalized spacial score (nSPS) is 19.2. The molecule has 0 unspecified atom stereocenters. The van der Waals surface area contributed by atoms with Gasteiger partial charge in [0.15, 0.2) is 0 Å². The van der Waals surface area contributed by atoms with Crippen molar-refractivity contribution in [1.82, 2.24) is 15.5 Å². The number of nitrogens with one attached hydrogen (secondary N) is 1. The maximum atomic E-state index is 5.74. The molecule has 1 saturated carbocycles. The molecule has 0 atom stereocenters. The van der Waals surface area contributed by atoms with E-state index in [1.54, 1.807) is 0 Å². The molecule has 0 saturated heterocycles. The van der Waals surface area contributed by atoms with Crippen LogP contribution in [0.25, 0.3) is 0 Å². The molecule has 1 aromatic heterocycles. The van der Waals surface area contributed by atoms with E-state index in [-0.39, 0.29) is 0 Å². The molecule has 1 heterocycles. The molecule has 0 spiro atoms. The highest BCUT2D eigenvalue weighted by Gasteiger charge is 2.30. The van der Waals surface area contributed by atoms with Gasteiger partial charge in [0.2, 0.25) is 5.89 Å². The highest BCUT2D eigenvalue weighted by atomic mass is 16.4. The monoisotopic (exact) mass is 280 g/mol.